The molecule has 0 unspecified atom stereocenters. The number of imide groups is 2. The van der Waals surface area contributed by atoms with Crippen molar-refractivity contribution in [3.05, 3.63) is 89.0 Å². The van der Waals surface area contributed by atoms with Gasteiger partial charge in [-0.05, 0) is 59.5 Å². The minimum atomic E-state index is -0.907. The van der Waals surface area contributed by atoms with Gasteiger partial charge in [0.15, 0.2) is 0 Å². The number of nitrogens with zero attached hydrogens (tertiary/aromatic N) is 1. The highest BCUT2D eigenvalue weighted by Gasteiger charge is 2.27. The number of hydrogen-bond acceptors (Lipinski definition) is 7. The van der Waals surface area contributed by atoms with E-state index in [0.717, 1.165) is 16.8 Å². The molecule has 1 fully saturated rings. The summed E-state index contributed by atoms with van der Waals surface area (Å²) in [5.74, 6) is -3.48. The van der Waals surface area contributed by atoms with Crippen molar-refractivity contribution in [2.75, 3.05) is 22.6 Å². The third kappa shape index (κ3) is 6.51. The molecule has 0 bridgehead atoms. The van der Waals surface area contributed by atoms with Gasteiger partial charge in [0.1, 0.15) is 11.3 Å². The topological polar surface area (TPSA) is 157 Å². The Kier molecular flexibility index (Phi) is 8.24. The Labute approximate surface area is 229 Å². The predicted octanol–water partition coefficient (Wildman–Crippen LogP) is 2.92. The number of aromatic hydroxyl groups is 1. The van der Waals surface area contributed by atoms with Gasteiger partial charge in [0, 0.05) is 25.0 Å². The highest BCUT2D eigenvalue weighted by Crippen LogP contribution is 2.26. The van der Waals surface area contributed by atoms with Crippen molar-refractivity contribution in [2.45, 2.75) is 19.9 Å². The molecule has 0 atom stereocenters. The summed E-state index contributed by atoms with van der Waals surface area (Å²) in [5, 5.41) is 19.5. The van der Waals surface area contributed by atoms with Crippen molar-refractivity contribution in [1.82, 2.24) is 10.6 Å². The second kappa shape index (κ2) is 11.9. The number of barbiturate groups is 1. The largest absolute Gasteiger partial charge is 0.506 e. The van der Waals surface area contributed by atoms with E-state index in [2.05, 4.69) is 10.6 Å². The smallest absolute Gasteiger partial charge is 0.328 e. The standard InChI is InChI=1S/C29H27N5O6/c1-3-19-6-4-5-7-22(19)30-27(38)28(39)31-23-13-10-18(15-24(23)35)16-34(2)20-11-8-17(9-12-20)14-21-25(36)32-29(40)33-26(21)37/h4-15,35H,3,16H2,1-2H3,(H,30,38)(H,31,39)(H2,32,33,36,37,40). The maximum absolute atomic E-state index is 12.4. The number of aryl methyl sites for hydroxylation is 1. The number of carbonyl (C=O) groups excluding carboxylic acids is 5. The van der Waals surface area contributed by atoms with Crippen molar-refractivity contribution >= 4 is 52.8 Å². The molecule has 4 rings (SSSR count). The lowest BCUT2D eigenvalue weighted by molar-refractivity contribution is -0.133. The summed E-state index contributed by atoms with van der Waals surface area (Å²) in [6.45, 7) is 2.35. The van der Waals surface area contributed by atoms with Gasteiger partial charge < -0.3 is 20.6 Å². The van der Waals surface area contributed by atoms with Gasteiger partial charge >= 0.3 is 17.8 Å². The van der Waals surface area contributed by atoms with Gasteiger partial charge in [0.2, 0.25) is 0 Å². The average molecular weight is 542 g/mol. The molecule has 11 nitrogen and oxygen atoms in total. The Bertz CT molecular complexity index is 1510. The van der Waals surface area contributed by atoms with E-state index in [-0.39, 0.29) is 17.0 Å². The van der Waals surface area contributed by atoms with Crippen molar-refractivity contribution in [2.24, 2.45) is 0 Å². The molecule has 1 aliphatic heterocycles. The Morgan fingerprint density at radius 1 is 0.875 bits per heavy atom. The molecule has 0 aromatic heterocycles. The van der Waals surface area contributed by atoms with E-state index < -0.39 is 29.7 Å². The molecule has 3 aromatic rings. The maximum atomic E-state index is 12.4. The van der Waals surface area contributed by atoms with Crippen molar-refractivity contribution in [3.8, 4) is 5.75 Å². The number of amides is 6. The number of phenolic OH excluding ortho intramolecular Hbond substituents is 1. The highest BCUT2D eigenvalue weighted by atomic mass is 16.3. The van der Waals surface area contributed by atoms with E-state index in [1.54, 1.807) is 42.5 Å². The summed E-state index contributed by atoms with van der Waals surface area (Å²) < 4.78 is 0. The van der Waals surface area contributed by atoms with Gasteiger partial charge in [-0.1, -0.05) is 43.3 Å². The minimum absolute atomic E-state index is 0.102. The van der Waals surface area contributed by atoms with Crippen LogP contribution in [0.15, 0.2) is 72.3 Å². The van der Waals surface area contributed by atoms with Gasteiger partial charge in [-0.15, -0.1) is 0 Å². The summed E-state index contributed by atoms with van der Waals surface area (Å²) >= 11 is 0. The highest BCUT2D eigenvalue weighted by molar-refractivity contribution is 6.43. The van der Waals surface area contributed by atoms with Crippen molar-refractivity contribution in [3.63, 3.8) is 0 Å². The molecule has 1 aliphatic rings. The molecule has 0 radical (unpaired) electrons. The number of benzene rings is 3. The first-order valence-electron chi connectivity index (χ1n) is 12.4. The molecule has 0 spiro atoms. The first-order valence-corrected chi connectivity index (χ1v) is 12.4. The lowest BCUT2D eigenvalue weighted by Gasteiger charge is -2.20. The van der Waals surface area contributed by atoms with Crippen LogP contribution in [-0.4, -0.2) is 41.8 Å². The van der Waals surface area contributed by atoms with Crippen LogP contribution in [0.5, 0.6) is 5.75 Å². The molecule has 0 aliphatic carbocycles. The van der Waals surface area contributed by atoms with Crippen LogP contribution in [0.3, 0.4) is 0 Å². The van der Waals surface area contributed by atoms with E-state index in [1.165, 1.54) is 18.2 Å². The van der Waals surface area contributed by atoms with Crippen molar-refractivity contribution in [1.29, 1.82) is 0 Å². The minimum Gasteiger partial charge on any atom is -0.506 e. The predicted molar refractivity (Wildman–Crippen MR) is 149 cm³/mol. The van der Waals surface area contributed by atoms with Gasteiger partial charge in [0.25, 0.3) is 11.8 Å². The number of hydrogen-bond donors (Lipinski definition) is 5. The molecular formula is C29H27N5O6. The third-order valence-corrected chi connectivity index (χ3v) is 6.17. The fraction of sp³-hybridized carbons (Fsp3) is 0.138. The molecule has 40 heavy (non-hydrogen) atoms. The normalized spacial score (nSPS) is 12.8. The zero-order valence-corrected chi connectivity index (χ0v) is 21.8. The van der Waals surface area contributed by atoms with Gasteiger partial charge in [-0.2, -0.15) is 0 Å². The van der Waals surface area contributed by atoms with Gasteiger partial charge in [-0.25, -0.2) is 4.79 Å². The Hall–Kier alpha value is -5.45. The van der Waals surface area contributed by atoms with E-state index in [4.69, 9.17) is 0 Å². The average Bonchev–Trinajstić information content (AvgIpc) is 2.92. The van der Waals surface area contributed by atoms with E-state index in [0.29, 0.717) is 24.2 Å². The number of urea groups is 1. The molecule has 1 heterocycles. The number of para-hydroxylation sites is 1. The first kappa shape index (κ1) is 27.6. The lowest BCUT2D eigenvalue weighted by Crippen LogP contribution is -2.51. The van der Waals surface area contributed by atoms with Gasteiger partial charge in [-0.3, -0.25) is 29.8 Å². The summed E-state index contributed by atoms with van der Waals surface area (Å²) in [7, 11) is 1.84. The van der Waals surface area contributed by atoms with E-state index in [9.17, 15) is 29.1 Å². The summed E-state index contributed by atoms with van der Waals surface area (Å²) in [4.78, 5) is 61.7. The third-order valence-electron chi connectivity index (χ3n) is 6.17. The molecule has 11 heteroatoms. The fourth-order valence-corrected chi connectivity index (χ4v) is 4.05. The van der Waals surface area contributed by atoms with Crippen LogP contribution in [0.4, 0.5) is 21.9 Å². The Morgan fingerprint density at radius 2 is 1.50 bits per heavy atom. The molecule has 1 saturated heterocycles. The second-order valence-electron chi connectivity index (χ2n) is 9.01. The molecule has 6 amide bonds. The molecule has 3 aromatic carbocycles. The second-order valence-corrected chi connectivity index (χ2v) is 9.01. The summed E-state index contributed by atoms with van der Waals surface area (Å²) in [6.07, 6.45) is 2.08. The number of phenols is 1. The van der Waals surface area contributed by atoms with Crippen LogP contribution in [0.2, 0.25) is 0 Å². The molecule has 204 valence electrons. The number of nitrogens with one attached hydrogen (secondary N) is 4. The van der Waals surface area contributed by atoms with E-state index in [1.807, 2.05) is 41.6 Å². The molecule has 5 N–H and O–H groups in total. The van der Waals surface area contributed by atoms with E-state index >= 15 is 0 Å². The van der Waals surface area contributed by atoms with Crippen LogP contribution in [0, 0.1) is 0 Å². The monoisotopic (exact) mass is 541 g/mol. The zero-order chi connectivity index (χ0) is 28.8. The van der Waals surface area contributed by atoms with Crippen LogP contribution in [0.25, 0.3) is 6.08 Å². The Morgan fingerprint density at radius 3 is 2.12 bits per heavy atom. The zero-order valence-electron chi connectivity index (χ0n) is 21.8. The lowest BCUT2D eigenvalue weighted by atomic mass is 10.1. The van der Waals surface area contributed by atoms with Crippen LogP contribution in [0.1, 0.15) is 23.6 Å². The van der Waals surface area contributed by atoms with Crippen molar-refractivity contribution < 1.29 is 29.1 Å². The summed E-state index contributed by atoms with van der Waals surface area (Å²) in [5.41, 5.74) is 3.53. The van der Waals surface area contributed by atoms with Crippen LogP contribution < -0.4 is 26.2 Å². The maximum Gasteiger partial charge on any atom is 0.328 e. The summed E-state index contributed by atoms with van der Waals surface area (Å²) in [6, 6.07) is 18.1. The number of carbonyl (C=O) groups is 5. The number of anilines is 3. The molecule has 0 saturated carbocycles. The van der Waals surface area contributed by atoms with Crippen LogP contribution >= 0.6 is 0 Å². The first-order chi connectivity index (χ1) is 19.1. The van der Waals surface area contributed by atoms with Gasteiger partial charge in [0.05, 0.1) is 5.69 Å². The quantitative estimate of drug-likeness (QED) is 0.133. The fourth-order valence-electron chi connectivity index (χ4n) is 4.05. The number of rotatable bonds is 7. The van der Waals surface area contributed by atoms with Crippen LogP contribution in [-0.2, 0) is 32.1 Å². The molecular weight excluding hydrogens is 514 g/mol. The SMILES string of the molecule is CCc1ccccc1NC(=O)C(=O)Nc1ccc(CN(C)c2ccc(C=C3C(=O)NC(=O)NC3=O)cc2)cc1O. The Balaban J connectivity index is 1.37.